The summed E-state index contributed by atoms with van der Waals surface area (Å²) >= 11 is 0. The number of hydrogen-bond donors (Lipinski definition) is 1. The van der Waals surface area contributed by atoms with Crippen LogP contribution in [0.3, 0.4) is 0 Å². The van der Waals surface area contributed by atoms with Gasteiger partial charge in [0.05, 0.1) is 18.4 Å². The van der Waals surface area contributed by atoms with Gasteiger partial charge in [0.15, 0.2) is 5.82 Å². The average Bonchev–Trinajstić information content (AvgIpc) is 3.46. The van der Waals surface area contributed by atoms with Crippen LogP contribution in [0.4, 0.5) is 0 Å². The molecule has 1 N–H and O–H groups in total. The number of carbonyl (C=O) groups is 1. The van der Waals surface area contributed by atoms with Gasteiger partial charge in [-0.25, -0.2) is 9.97 Å². The number of hydrogen-bond acceptors (Lipinski definition) is 7. The summed E-state index contributed by atoms with van der Waals surface area (Å²) in [4.78, 5) is 25.3. The first-order valence-corrected chi connectivity index (χ1v) is 9.22. The molecule has 1 aromatic carbocycles. The fraction of sp³-hybridized carbons (Fsp3) is 0.350. The van der Waals surface area contributed by atoms with E-state index >= 15 is 0 Å². The topological polar surface area (TPSA) is 103 Å². The van der Waals surface area contributed by atoms with Gasteiger partial charge in [-0.2, -0.15) is 4.98 Å². The molecule has 8 nitrogen and oxygen atoms in total. The Kier molecular flexibility index (Phi) is 5.01. The first-order valence-electron chi connectivity index (χ1n) is 9.22. The fourth-order valence-electron chi connectivity index (χ4n) is 3.01. The molecule has 2 heterocycles. The molecule has 28 heavy (non-hydrogen) atoms. The van der Waals surface area contributed by atoms with Crippen LogP contribution in [0.1, 0.15) is 46.5 Å². The maximum Gasteiger partial charge on any atom is 0.251 e. The number of nitrogens with one attached hydrogen (secondary N) is 1. The highest BCUT2D eigenvalue weighted by Gasteiger charge is 2.29. The van der Waals surface area contributed by atoms with Crippen molar-refractivity contribution in [3.8, 4) is 17.0 Å². The zero-order valence-corrected chi connectivity index (χ0v) is 15.8. The van der Waals surface area contributed by atoms with E-state index in [-0.39, 0.29) is 5.91 Å². The lowest BCUT2D eigenvalue weighted by atomic mass is 10.0. The van der Waals surface area contributed by atoms with Gasteiger partial charge in [-0.15, -0.1) is 0 Å². The average molecular weight is 379 g/mol. The zero-order chi connectivity index (χ0) is 19.5. The number of aromatic nitrogens is 4. The number of amides is 1. The molecule has 0 saturated heterocycles. The van der Waals surface area contributed by atoms with Gasteiger partial charge < -0.3 is 14.6 Å². The van der Waals surface area contributed by atoms with Crippen LogP contribution in [0.25, 0.3) is 11.1 Å². The Hall–Kier alpha value is -3.29. The summed E-state index contributed by atoms with van der Waals surface area (Å²) < 4.78 is 10.6. The van der Waals surface area contributed by atoms with E-state index in [4.69, 9.17) is 9.26 Å². The van der Waals surface area contributed by atoms with Crippen molar-refractivity contribution in [2.45, 2.75) is 32.1 Å². The Bertz CT molecular complexity index is 997. The highest BCUT2D eigenvalue weighted by atomic mass is 16.5. The largest absolute Gasteiger partial charge is 0.480 e. The van der Waals surface area contributed by atoms with Gasteiger partial charge in [-0.1, -0.05) is 17.3 Å². The molecular formula is C20H21N5O3. The van der Waals surface area contributed by atoms with Crippen molar-refractivity contribution in [1.82, 2.24) is 25.4 Å². The Balaban J connectivity index is 1.43. The predicted molar refractivity (Wildman–Crippen MR) is 101 cm³/mol. The van der Waals surface area contributed by atoms with Crippen LogP contribution < -0.4 is 10.1 Å². The molecule has 3 aromatic rings. The molecular weight excluding hydrogens is 358 g/mol. The zero-order valence-electron chi connectivity index (χ0n) is 15.8. The van der Waals surface area contributed by atoms with E-state index in [0.29, 0.717) is 42.0 Å². The van der Waals surface area contributed by atoms with Crippen molar-refractivity contribution < 1.29 is 14.1 Å². The lowest BCUT2D eigenvalue weighted by molar-refractivity contribution is 0.0954. The Morgan fingerprint density at radius 3 is 2.96 bits per heavy atom. The van der Waals surface area contributed by atoms with Gasteiger partial charge in [-0.3, -0.25) is 4.79 Å². The van der Waals surface area contributed by atoms with Crippen molar-refractivity contribution >= 4 is 5.91 Å². The van der Waals surface area contributed by atoms with Crippen LogP contribution in [0.5, 0.6) is 5.88 Å². The summed E-state index contributed by atoms with van der Waals surface area (Å²) in [5.74, 6) is 2.08. The molecule has 1 saturated carbocycles. The maximum atomic E-state index is 12.5. The summed E-state index contributed by atoms with van der Waals surface area (Å²) in [5, 5.41) is 6.86. The molecule has 4 rings (SSSR count). The van der Waals surface area contributed by atoms with Gasteiger partial charge in [0, 0.05) is 24.4 Å². The van der Waals surface area contributed by atoms with E-state index in [1.54, 1.807) is 13.2 Å². The van der Waals surface area contributed by atoms with Crippen molar-refractivity contribution in [2.24, 2.45) is 0 Å². The molecule has 1 amide bonds. The summed E-state index contributed by atoms with van der Waals surface area (Å²) in [6, 6.07) is 7.31. The lowest BCUT2D eigenvalue weighted by Gasteiger charge is -2.11. The number of nitrogens with zero attached hydrogens (tertiary/aromatic N) is 4. The summed E-state index contributed by atoms with van der Waals surface area (Å²) in [7, 11) is 1.56. The molecule has 0 atom stereocenters. The molecule has 1 aliphatic rings. The van der Waals surface area contributed by atoms with Gasteiger partial charge in [-0.05, 0) is 37.5 Å². The Morgan fingerprint density at radius 2 is 2.18 bits per heavy atom. The maximum absolute atomic E-state index is 12.5. The van der Waals surface area contributed by atoms with E-state index in [2.05, 4.69) is 25.4 Å². The molecule has 2 aromatic heterocycles. The number of ether oxygens (including phenoxy) is 1. The Labute approximate surface area is 162 Å². The highest BCUT2D eigenvalue weighted by molar-refractivity contribution is 5.95. The summed E-state index contributed by atoms with van der Waals surface area (Å²) in [6.45, 7) is 2.32. The number of carbonyl (C=O) groups excluding carboxylic acids is 1. The smallest absolute Gasteiger partial charge is 0.251 e. The second kappa shape index (κ2) is 7.75. The van der Waals surface area contributed by atoms with Crippen LogP contribution >= 0.6 is 0 Å². The predicted octanol–water partition coefficient (Wildman–Crippen LogP) is 2.69. The van der Waals surface area contributed by atoms with Crippen molar-refractivity contribution in [3.63, 3.8) is 0 Å². The highest BCUT2D eigenvalue weighted by Crippen LogP contribution is 2.38. The lowest BCUT2D eigenvalue weighted by Crippen LogP contribution is -2.26. The standard InChI is InChI=1S/C20H21N5O3/c1-12-17(20(27-2)23-11-22-12)14-4-3-5-15(10-14)18(26)21-9-8-16-24-19(28-25-16)13-6-7-13/h3-5,10-11,13H,6-9H2,1-2H3,(H,21,26). The minimum atomic E-state index is -0.166. The molecule has 1 aliphatic carbocycles. The SMILES string of the molecule is COc1ncnc(C)c1-c1cccc(C(=O)NCCc2noc(C3CC3)n2)c1. The molecule has 0 unspecified atom stereocenters. The number of aryl methyl sites for hydroxylation is 1. The summed E-state index contributed by atoms with van der Waals surface area (Å²) in [6.07, 6.45) is 4.22. The quantitative estimate of drug-likeness (QED) is 0.673. The second-order valence-electron chi connectivity index (χ2n) is 6.75. The van der Waals surface area contributed by atoms with Crippen molar-refractivity contribution in [3.05, 3.63) is 53.6 Å². The van der Waals surface area contributed by atoms with Gasteiger partial charge >= 0.3 is 0 Å². The molecule has 0 aliphatic heterocycles. The van der Waals surface area contributed by atoms with Crippen LogP contribution in [0.2, 0.25) is 0 Å². The number of rotatable bonds is 7. The third-order valence-corrected chi connectivity index (χ3v) is 4.65. The first-order chi connectivity index (χ1) is 13.7. The molecule has 144 valence electrons. The minimum absolute atomic E-state index is 0.166. The van der Waals surface area contributed by atoms with E-state index in [1.807, 2.05) is 25.1 Å². The van der Waals surface area contributed by atoms with Gasteiger partial charge in [0.25, 0.3) is 5.91 Å². The van der Waals surface area contributed by atoms with Gasteiger partial charge in [0.1, 0.15) is 6.33 Å². The molecule has 0 radical (unpaired) electrons. The molecule has 0 bridgehead atoms. The second-order valence-corrected chi connectivity index (χ2v) is 6.75. The number of benzene rings is 1. The normalized spacial score (nSPS) is 13.4. The van der Waals surface area contributed by atoms with Crippen LogP contribution in [-0.4, -0.2) is 39.7 Å². The molecule has 1 fully saturated rings. The monoisotopic (exact) mass is 379 g/mol. The molecule has 8 heteroatoms. The third kappa shape index (κ3) is 3.85. The number of methoxy groups -OCH3 is 1. The molecule has 0 spiro atoms. The fourth-order valence-corrected chi connectivity index (χ4v) is 3.01. The minimum Gasteiger partial charge on any atom is -0.480 e. The van der Waals surface area contributed by atoms with E-state index in [9.17, 15) is 4.79 Å². The third-order valence-electron chi connectivity index (χ3n) is 4.65. The van der Waals surface area contributed by atoms with Crippen LogP contribution in [0.15, 0.2) is 35.1 Å². The van der Waals surface area contributed by atoms with Gasteiger partial charge in [0.2, 0.25) is 11.8 Å². The summed E-state index contributed by atoms with van der Waals surface area (Å²) in [5.41, 5.74) is 2.94. The Morgan fingerprint density at radius 1 is 1.32 bits per heavy atom. The van der Waals surface area contributed by atoms with Crippen LogP contribution in [-0.2, 0) is 6.42 Å². The van der Waals surface area contributed by atoms with E-state index in [1.165, 1.54) is 6.33 Å². The van der Waals surface area contributed by atoms with Crippen LogP contribution in [0, 0.1) is 6.92 Å². The van der Waals surface area contributed by atoms with Crippen molar-refractivity contribution in [1.29, 1.82) is 0 Å². The van der Waals surface area contributed by atoms with Crippen molar-refractivity contribution in [2.75, 3.05) is 13.7 Å². The first kappa shape index (κ1) is 18.1. The van der Waals surface area contributed by atoms with E-state index in [0.717, 1.165) is 29.7 Å². The van der Waals surface area contributed by atoms with E-state index < -0.39 is 0 Å².